The van der Waals surface area contributed by atoms with Crippen molar-refractivity contribution in [2.75, 3.05) is 26.0 Å². The molecule has 29 heavy (non-hydrogen) atoms. The Labute approximate surface area is 174 Å². The Morgan fingerprint density at radius 2 is 2.00 bits per heavy atom. The molecule has 1 aromatic heterocycles. The highest BCUT2D eigenvalue weighted by Gasteiger charge is 2.27. The fourth-order valence-electron chi connectivity index (χ4n) is 3.43. The topological polar surface area (TPSA) is 103 Å². The second kappa shape index (κ2) is 9.30. The van der Waals surface area contributed by atoms with Gasteiger partial charge in [-0.05, 0) is 51.0 Å². The van der Waals surface area contributed by atoms with E-state index in [2.05, 4.69) is 24.0 Å². The number of hydrogen-bond acceptors (Lipinski definition) is 6. The number of benzene rings is 1. The standard InChI is InChI=1S/C20H27N5O3S/c1-13(2)25-19(14-6-8-16(28-3)9-7-14)22-23-20(25)29-12-17(26)24-10-4-5-15(11-24)18(21)27/h6-9,13,15H,4-5,10-12H2,1-3H3,(H2,21,27)/t15-/m1/s1. The van der Waals surface area contributed by atoms with Crippen molar-refractivity contribution in [2.24, 2.45) is 11.7 Å². The van der Waals surface area contributed by atoms with Gasteiger partial charge in [0.1, 0.15) is 5.75 Å². The molecule has 2 amide bonds. The summed E-state index contributed by atoms with van der Waals surface area (Å²) in [6.45, 7) is 5.19. The molecule has 2 heterocycles. The number of nitrogens with two attached hydrogens (primary N) is 1. The van der Waals surface area contributed by atoms with E-state index in [0.29, 0.717) is 18.2 Å². The Morgan fingerprint density at radius 3 is 2.62 bits per heavy atom. The van der Waals surface area contributed by atoms with E-state index in [-0.39, 0.29) is 29.5 Å². The molecule has 0 aliphatic carbocycles. The normalized spacial score (nSPS) is 16.8. The number of amides is 2. The predicted molar refractivity (Wildman–Crippen MR) is 112 cm³/mol. The predicted octanol–water partition coefficient (Wildman–Crippen LogP) is 2.35. The largest absolute Gasteiger partial charge is 0.497 e. The number of likely N-dealkylation sites (tertiary alicyclic amines) is 1. The number of carbonyl (C=O) groups excluding carboxylic acids is 2. The van der Waals surface area contributed by atoms with Gasteiger partial charge in [0.15, 0.2) is 11.0 Å². The maximum Gasteiger partial charge on any atom is 0.233 e. The molecular formula is C20H27N5O3S. The van der Waals surface area contributed by atoms with Crippen molar-refractivity contribution in [3.8, 4) is 17.1 Å². The molecule has 1 aliphatic rings. The molecule has 0 saturated carbocycles. The summed E-state index contributed by atoms with van der Waals surface area (Å²) >= 11 is 1.37. The second-order valence-corrected chi connectivity index (χ2v) is 8.31. The quantitative estimate of drug-likeness (QED) is 0.694. The molecule has 1 fully saturated rings. The van der Waals surface area contributed by atoms with Gasteiger partial charge in [-0.1, -0.05) is 11.8 Å². The number of carbonyl (C=O) groups is 2. The minimum absolute atomic E-state index is 0.00902. The average molecular weight is 418 g/mol. The molecule has 2 aromatic rings. The molecule has 156 valence electrons. The van der Waals surface area contributed by atoms with E-state index in [1.165, 1.54) is 11.8 Å². The maximum absolute atomic E-state index is 12.6. The second-order valence-electron chi connectivity index (χ2n) is 7.37. The highest BCUT2D eigenvalue weighted by atomic mass is 32.2. The first kappa shape index (κ1) is 21.2. The van der Waals surface area contributed by atoms with Crippen LogP contribution in [0.3, 0.4) is 0 Å². The van der Waals surface area contributed by atoms with Crippen LogP contribution in [-0.2, 0) is 9.59 Å². The molecule has 1 aliphatic heterocycles. The summed E-state index contributed by atoms with van der Waals surface area (Å²) in [4.78, 5) is 25.8. The Balaban J connectivity index is 1.71. The minimum atomic E-state index is -0.334. The van der Waals surface area contributed by atoms with Crippen LogP contribution < -0.4 is 10.5 Å². The van der Waals surface area contributed by atoms with E-state index in [1.807, 2.05) is 28.8 Å². The first-order valence-corrected chi connectivity index (χ1v) is 10.7. The molecule has 0 radical (unpaired) electrons. The number of aromatic nitrogens is 3. The number of nitrogens with zero attached hydrogens (tertiary/aromatic N) is 4. The number of primary amides is 1. The molecule has 1 aromatic carbocycles. The van der Waals surface area contributed by atoms with Gasteiger partial charge in [-0.2, -0.15) is 0 Å². The monoisotopic (exact) mass is 417 g/mol. The molecule has 1 atom stereocenters. The van der Waals surface area contributed by atoms with Crippen LogP contribution in [-0.4, -0.2) is 57.4 Å². The Morgan fingerprint density at radius 1 is 1.28 bits per heavy atom. The smallest absolute Gasteiger partial charge is 0.233 e. The highest BCUT2D eigenvalue weighted by Crippen LogP contribution is 2.29. The first-order valence-electron chi connectivity index (χ1n) is 9.70. The zero-order valence-corrected chi connectivity index (χ0v) is 17.8. The summed E-state index contributed by atoms with van der Waals surface area (Å²) in [6, 6.07) is 7.79. The van der Waals surface area contributed by atoms with Gasteiger partial charge >= 0.3 is 0 Å². The average Bonchev–Trinajstić information content (AvgIpc) is 3.16. The van der Waals surface area contributed by atoms with E-state index < -0.39 is 0 Å². The van der Waals surface area contributed by atoms with E-state index in [4.69, 9.17) is 10.5 Å². The van der Waals surface area contributed by atoms with Crippen LogP contribution >= 0.6 is 11.8 Å². The Kier molecular flexibility index (Phi) is 6.79. The SMILES string of the molecule is COc1ccc(-c2nnc(SCC(=O)N3CCC[C@@H](C(N)=O)C3)n2C(C)C)cc1. The lowest BCUT2D eigenvalue weighted by Crippen LogP contribution is -2.44. The molecule has 3 rings (SSSR count). The minimum Gasteiger partial charge on any atom is -0.497 e. The first-order chi connectivity index (χ1) is 13.9. The Bertz CT molecular complexity index is 866. The third-order valence-electron chi connectivity index (χ3n) is 5.03. The number of ether oxygens (including phenoxy) is 1. The van der Waals surface area contributed by atoms with Crippen LogP contribution in [0.25, 0.3) is 11.4 Å². The van der Waals surface area contributed by atoms with E-state index in [0.717, 1.165) is 30.0 Å². The number of hydrogen-bond donors (Lipinski definition) is 1. The van der Waals surface area contributed by atoms with E-state index in [1.54, 1.807) is 12.0 Å². The number of piperidine rings is 1. The maximum atomic E-state index is 12.6. The number of methoxy groups -OCH3 is 1. The van der Waals surface area contributed by atoms with Crippen LogP contribution in [0.5, 0.6) is 5.75 Å². The third-order valence-corrected chi connectivity index (χ3v) is 5.96. The van der Waals surface area contributed by atoms with Gasteiger partial charge in [0.25, 0.3) is 0 Å². The lowest BCUT2D eigenvalue weighted by atomic mass is 9.97. The van der Waals surface area contributed by atoms with Gasteiger partial charge in [0.05, 0.1) is 18.8 Å². The summed E-state index contributed by atoms with van der Waals surface area (Å²) < 4.78 is 7.24. The summed E-state index contributed by atoms with van der Waals surface area (Å²) in [7, 11) is 1.63. The molecule has 9 heteroatoms. The van der Waals surface area contributed by atoms with E-state index in [9.17, 15) is 9.59 Å². The summed E-state index contributed by atoms with van der Waals surface area (Å²) in [5.41, 5.74) is 6.35. The molecular weight excluding hydrogens is 390 g/mol. The van der Waals surface area contributed by atoms with Gasteiger partial charge in [-0.25, -0.2) is 0 Å². The van der Waals surface area contributed by atoms with Crippen molar-refractivity contribution in [1.82, 2.24) is 19.7 Å². The molecule has 8 nitrogen and oxygen atoms in total. The number of thioether (sulfide) groups is 1. The van der Waals surface area contributed by atoms with Crippen LogP contribution in [0.2, 0.25) is 0 Å². The van der Waals surface area contributed by atoms with Gasteiger partial charge in [0.2, 0.25) is 11.8 Å². The van der Waals surface area contributed by atoms with Gasteiger partial charge < -0.3 is 15.4 Å². The van der Waals surface area contributed by atoms with Crippen molar-refractivity contribution < 1.29 is 14.3 Å². The van der Waals surface area contributed by atoms with Crippen molar-refractivity contribution >= 4 is 23.6 Å². The third kappa shape index (κ3) is 4.90. The number of rotatable bonds is 7. The zero-order valence-electron chi connectivity index (χ0n) is 17.0. The van der Waals surface area contributed by atoms with Crippen molar-refractivity contribution in [1.29, 1.82) is 0 Å². The van der Waals surface area contributed by atoms with Gasteiger partial charge in [-0.3, -0.25) is 14.2 Å². The van der Waals surface area contributed by atoms with Crippen LogP contribution in [0.4, 0.5) is 0 Å². The summed E-state index contributed by atoms with van der Waals surface area (Å²) in [6.07, 6.45) is 1.55. The summed E-state index contributed by atoms with van der Waals surface area (Å²) in [5, 5.41) is 9.37. The molecule has 2 N–H and O–H groups in total. The van der Waals surface area contributed by atoms with Crippen molar-refractivity contribution in [3.05, 3.63) is 24.3 Å². The summed E-state index contributed by atoms with van der Waals surface area (Å²) in [5.74, 6) is 1.19. The highest BCUT2D eigenvalue weighted by molar-refractivity contribution is 7.99. The molecule has 1 saturated heterocycles. The molecule has 0 spiro atoms. The van der Waals surface area contributed by atoms with Crippen molar-refractivity contribution in [3.63, 3.8) is 0 Å². The fourth-order valence-corrected chi connectivity index (χ4v) is 4.40. The molecule has 0 unspecified atom stereocenters. The van der Waals surface area contributed by atoms with Crippen LogP contribution in [0.1, 0.15) is 32.7 Å². The van der Waals surface area contributed by atoms with Crippen LogP contribution in [0.15, 0.2) is 29.4 Å². The van der Waals surface area contributed by atoms with Gasteiger partial charge in [-0.15, -0.1) is 10.2 Å². The molecule has 0 bridgehead atoms. The fraction of sp³-hybridized carbons (Fsp3) is 0.500. The lowest BCUT2D eigenvalue weighted by Gasteiger charge is -2.31. The Hall–Kier alpha value is -2.55. The van der Waals surface area contributed by atoms with Crippen LogP contribution in [0, 0.1) is 5.92 Å². The zero-order chi connectivity index (χ0) is 21.0. The van der Waals surface area contributed by atoms with E-state index >= 15 is 0 Å². The lowest BCUT2D eigenvalue weighted by molar-refractivity contribution is -0.132. The van der Waals surface area contributed by atoms with Gasteiger partial charge in [0, 0.05) is 24.7 Å². The van der Waals surface area contributed by atoms with Crippen molar-refractivity contribution in [2.45, 2.75) is 37.9 Å².